The molecule has 2 heterocycles. The molecule has 1 amide bonds. The van der Waals surface area contributed by atoms with Gasteiger partial charge >= 0.3 is 0 Å². The Hall–Kier alpha value is -3.19. The van der Waals surface area contributed by atoms with Crippen LogP contribution in [0.25, 0.3) is 11.3 Å². The minimum Gasteiger partial charge on any atom is -0.381 e. The molecular weight excluding hydrogens is 383 g/mol. The minimum absolute atomic E-state index is 0.298. The summed E-state index contributed by atoms with van der Waals surface area (Å²) < 4.78 is 15.5. The van der Waals surface area contributed by atoms with Crippen LogP contribution in [0.5, 0.6) is 0 Å². The zero-order valence-electron chi connectivity index (χ0n) is 17.3. The van der Waals surface area contributed by atoms with E-state index in [2.05, 4.69) is 5.32 Å². The maximum Gasteiger partial charge on any atom is 0.254 e. The van der Waals surface area contributed by atoms with Crippen molar-refractivity contribution in [2.45, 2.75) is 39.5 Å². The first kappa shape index (κ1) is 20.1. The number of fused-ring (bicyclic) bond motifs is 1. The summed E-state index contributed by atoms with van der Waals surface area (Å²) in [5.74, 6) is 0.884. The molecule has 1 aliphatic rings. The third-order valence-corrected chi connectivity index (χ3v) is 5.22. The standard InChI is InChI=1S/C23H25FN4O2/c1-15-4-10-18(11-5-15)25-21-20(16-6-8-17(24)9-7-16)26-19-14-27(12-13-28(19)21)22(29)23(2,3)30/h4-11,25,30H,12-14H2,1-3H3. The van der Waals surface area contributed by atoms with Gasteiger partial charge in [-0.05, 0) is 57.2 Å². The molecule has 3 aromatic rings. The van der Waals surface area contributed by atoms with Gasteiger partial charge in [0.2, 0.25) is 0 Å². The molecule has 0 atom stereocenters. The molecule has 0 radical (unpaired) electrons. The number of hydrogen-bond donors (Lipinski definition) is 2. The van der Waals surface area contributed by atoms with Crippen LogP contribution in [0.2, 0.25) is 0 Å². The van der Waals surface area contributed by atoms with E-state index < -0.39 is 5.60 Å². The average Bonchev–Trinajstić information content (AvgIpc) is 3.06. The molecule has 0 spiro atoms. The molecular formula is C23H25FN4O2. The number of benzene rings is 2. The van der Waals surface area contributed by atoms with Gasteiger partial charge in [0, 0.05) is 24.3 Å². The van der Waals surface area contributed by atoms with Crippen molar-refractivity contribution < 1.29 is 14.3 Å². The highest BCUT2D eigenvalue weighted by atomic mass is 19.1. The van der Waals surface area contributed by atoms with Crippen LogP contribution in [0.1, 0.15) is 25.2 Å². The van der Waals surface area contributed by atoms with Crippen LogP contribution in [0.15, 0.2) is 48.5 Å². The number of aliphatic hydroxyl groups is 1. The summed E-state index contributed by atoms with van der Waals surface area (Å²) in [6.07, 6.45) is 0. The fraction of sp³-hybridized carbons (Fsp3) is 0.304. The Morgan fingerprint density at radius 1 is 1.10 bits per heavy atom. The van der Waals surface area contributed by atoms with Crippen LogP contribution in [0.3, 0.4) is 0 Å². The fourth-order valence-electron chi connectivity index (χ4n) is 3.60. The molecule has 7 heteroatoms. The van der Waals surface area contributed by atoms with Crippen LogP contribution in [-0.2, 0) is 17.9 Å². The highest BCUT2D eigenvalue weighted by Crippen LogP contribution is 2.33. The van der Waals surface area contributed by atoms with Gasteiger partial charge in [0.1, 0.15) is 28.8 Å². The van der Waals surface area contributed by atoms with Gasteiger partial charge in [-0.3, -0.25) is 4.79 Å². The van der Waals surface area contributed by atoms with Gasteiger partial charge in [0.15, 0.2) is 0 Å². The number of anilines is 2. The number of amides is 1. The summed E-state index contributed by atoms with van der Waals surface area (Å²) in [5, 5.41) is 13.6. The van der Waals surface area contributed by atoms with E-state index in [0.29, 0.717) is 31.2 Å². The molecule has 1 aromatic heterocycles. The fourth-order valence-corrected chi connectivity index (χ4v) is 3.60. The average molecular weight is 408 g/mol. The molecule has 0 fully saturated rings. The summed E-state index contributed by atoms with van der Waals surface area (Å²) in [7, 11) is 0. The number of nitrogens with one attached hydrogen (secondary N) is 1. The van der Waals surface area contributed by atoms with Gasteiger partial charge < -0.3 is 19.9 Å². The molecule has 2 N–H and O–H groups in total. The molecule has 4 rings (SSSR count). The normalized spacial score (nSPS) is 13.8. The van der Waals surface area contributed by atoms with Gasteiger partial charge in [-0.1, -0.05) is 17.7 Å². The zero-order valence-corrected chi connectivity index (χ0v) is 17.3. The molecule has 2 aromatic carbocycles. The topological polar surface area (TPSA) is 70.4 Å². The largest absolute Gasteiger partial charge is 0.381 e. The second kappa shape index (κ2) is 7.57. The van der Waals surface area contributed by atoms with Crippen LogP contribution < -0.4 is 5.32 Å². The van der Waals surface area contributed by atoms with E-state index >= 15 is 0 Å². The molecule has 0 bridgehead atoms. The maximum atomic E-state index is 13.5. The monoisotopic (exact) mass is 408 g/mol. The Balaban J connectivity index is 1.74. The number of imidazole rings is 1. The Bertz CT molecular complexity index is 1070. The predicted molar refractivity (Wildman–Crippen MR) is 114 cm³/mol. The lowest BCUT2D eigenvalue weighted by Gasteiger charge is -2.32. The predicted octanol–water partition coefficient (Wildman–Crippen LogP) is 3.85. The smallest absolute Gasteiger partial charge is 0.254 e. The van der Waals surface area contributed by atoms with Crippen LogP contribution in [0, 0.1) is 12.7 Å². The molecule has 0 saturated carbocycles. The van der Waals surface area contributed by atoms with Crippen molar-refractivity contribution in [2.24, 2.45) is 0 Å². The van der Waals surface area contributed by atoms with Crippen molar-refractivity contribution in [3.05, 3.63) is 65.7 Å². The van der Waals surface area contributed by atoms with Crippen LogP contribution >= 0.6 is 0 Å². The quantitative estimate of drug-likeness (QED) is 0.688. The molecule has 0 unspecified atom stereocenters. The van der Waals surface area contributed by atoms with Gasteiger partial charge in [0.25, 0.3) is 5.91 Å². The molecule has 6 nitrogen and oxygen atoms in total. The molecule has 30 heavy (non-hydrogen) atoms. The van der Waals surface area contributed by atoms with Crippen molar-refractivity contribution in [2.75, 3.05) is 11.9 Å². The summed E-state index contributed by atoms with van der Waals surface area (Å²) in [6, 6.07) is 14.3. The van der Waals surface area contributed by atoms with E-state index in [1.165, 1.54) is 26.0 Å². The Kier molecular flexibility index (Phi) is 5.07. The lowest BCUT2D eigenvalue weighted by molar-refractivity contribution is -0.149. The van der Waals surface area contributed by atoms with Gasteiger partial charge in [-0.15, -0.1) is 0 Å². The van der Waals surface area contributed by atoms with E-state index in [1.807, 2.05) is 35.8 Å². The van der Waals surface area contributed by atoms with Crippen molar-refractivity contribution in [3.63, 3.8) is 0 Å². The van der Waals surface area contributed by atoms with Crippen molar-refractivity contribution in [1.29, 1.82) is 0 Å². The summed E-state index contributed by atoms with van der Waals surface area (Å²) in [6.45, 7) is 6.32. The van der Waals surface area contributed by atoms with Gasteiger partial charge in [0.05, 0.1) is 6.54 Å². The van der Waals surface area contributed by atoms with E-state index in [0.717, 1.165) is 22.6 Å². The third kappa shape index (κ3) is 3.93. The van der Waals surface area contributed by atoms with E-state index in [-0.39, 0.29) is 11.7 Å². The highest BCUT2D eigenvalue weighted by molar-refractivity contribution is 5.84. The van der Waals surface area contributed by atoms with Crippen molar-refractivity contribution in [1.82, 2.24) is 14.5 Å². The second-order valence-electron chi connectivity index (χ2n) is 8.16. The lowest BCUT2D eigenvalue weighted by Crippen LogP contribution is -2.48. The number of aryl methyl sites for hydroxylation is 1. The zero-order chi connectivity index (χ0) is 21.5. The first-order chi connectivity index (χ1) is 14.2. The second-order valence-corrected chi connectivity index (χ2v) is 8.16. The molecule has 0 aliphatic carbocycles. The summed E-state index contributed by atoms with van der Waals surface area (Å²) in [4.78, 5) is 18.9. The number of rotatable bonds is 4. The summed E-state index contributed by atoms with van der Waals surface area (Å²) in [5.41, 5.74) is 2.13. The van der Waals surface area contributed by atoms with Crippen molar-refractivity contribution >= 4 is 17.4 Å². The lowest BCUT2D eigenvalue weighted by atomic mass is 10.1. The maximum absolute atomic E-state index is 13.5. The number of aromatic nitrogens is 2. The Morgan fingerprint density at radius 3 is 2.40 bits per heavy atom. The highest BCUT2D eigenvalue weighted by Gasteiger charge is 2.33. The molecule has 1 aliphatic heterocycles. The minimum atomic E-state index is -1.43. The van der Waals surface area contributed by atoms with E-state index in [4.69, 9.17) is 4.98 Å². The SMILES string of the molecule is Cc1ccc(Nc2c(-c3ccc(F)cc3)nc3n2CCN(C(=O)C(C)(C)O)C3)cc1. The van der Waals surface area contributed by atoms with Crippen molar-refractivity contribution in [3.8, 4) is 11.3 Å². The Morgan fingerprint density at radius 2 is 1.77 bits per heavy atom. The van der Waals surface area contributed by atoms with Gasteiger partial charge in [-0.2, -0.15) is 0 Å². The number of nitrogens with zero attached hydrogens (tertiary/aromatic N) is 3. The van der Waals surface area contributed by atoms with Crippen LogP contribution in [0.4, 0.5) is 15.9 Å². The number of carbonyl (C=O) groups is 1. The van der Waals surface area contributed by atoms with Crippen LogP contribution in [-0.4, -0.2) is 37.6 Å². The number of halogens is 1. The number of carbonyl (C=O) groups excluding carboxylic acids is 1. The Labute approximate surface area is 175 Å². The van der Waals surface area contributed by atoms with E-state index in [1.54, 1.807) is 17.0 Å². The first-order valence-corrected chi connectivity index (χ1v) is 9.93. The molecule has 0 saturated heterocycles. The third-order valence-electron chi connectivity index (χ3n) is 5.22. The van der Waals surface area contributed by atoms with Gasteiger partial charge in [-0.25, -0.2) is 9.37 Å². The summed E-state index contributed by atoms with van der Waals surface area (Å²) >= 11 is 0. The molecule has 156 valence electrons. The number of hydrogen-bond acceptors (Lipinski definition) is 4. The first-order valence-electron chi connectivity index (χ1n) is 9.93. The van der Waals surface area contributed by atoms with E-state index in [9.17, 15) is 14.3 Å².